The van der Waals surface area contributed by atoms with Crippen molar-refractivity contribution in [3.05, 3.63) is 0 Å². The Kier molecular flexibility index (Phi) is 4.64. The summed E-state index contributed by atoms with van der Waals surface area (Å²) in [5.41, 5.74) is 5.98. The van der Waals surface area contributed by atoms with E-state index in [0.717, 1.165) is 38.5 Å². The molecule has 0 spiro atoms. The Morgan fingerprint density at radius 2 is 1.56 bits per heavy atom. The van der Waals surface area contributed by atoms with Crippen LogP contribution in [0.2, 0.25) is 0 Å². The third kappa shape index (κ3) is 3.66. The zero-order valence-electron chi connectivity index (χ0n) is 11.0. The van der Waals surface area contributed by atoms with Crippen LogP contribution in [0.5, 0.6) is 0 Å². The molecule has 0 aromatic heterocycles. The van der Waals surface area contributed by atoms with Crippen LogP contribution in [-0.2, 0) is 10.2 Å². The van der Waals surface area contributed by atoms with Gasteiger partial charge in [-0.25, -0.2) is 4.72 Å². The largest absolute Gasteiger partial charge is 0.324 e. The molecule has 2 aliphatic rings. The van der Waals surface area contributed by atoms with E-state index in [2.05, 4.69) is 4.72 Å². The lowest BCUT2D eigenvalue weighted by Gasteiger charge is -2.29. The minimum Gasteiger partial charge on any atom is -0.324 e. The van der Waals surface area contributed by atoms with E-state index in [1.807, 2.05) is 0 Å². The van der Waals surface area contributed by atoms with Crippen molar-refractivity contribution in [3.63, 3.8) is 0 Å². The van der Waals surface area contributed by atoms with Crippen LogP contribution in [0.15, 0.2) is 0 Å². The third-order valence-corrected chi connectivity index (χ3v) is 5.67. The molecule has 0 atom stereocenters. The molecule has 18 heavy (non-hydrogen) atoms. The van der Waals surface area contributed by atoms with E-state index in [1.165, 1.54) is 17.1 Å². The summed E-state index contributed by atoms with van der Waals surface area (Å²) in [4.78, 5) is 0. The van der Waals surface area contributed by atoms with E-state index < -0.39 is 10.2 Å². The van der Waals surface area contributed by atoms with Gasteiger partial charge < -0.3 is 5.73 Å². The second-order valence-electron chi connectivity index (χ2n) is 5.71. The normalized spacial score (nSPS) is 26.1. The van der Waals surface area contributed by atoms with Crippen molar-refractivity contribution in [2.45, 2.75) is 56.9 Å². The molecule has 0 amide bonds. The first-order valence-corrected chi connectivity index (χ1v) is 8.50. The fraction of sp³-hybridized carbons (Fsp3) is 1.00. The lowest BCUT2D eigenvalue weighted by atomic mass is 9.92. The quantitative estimate of drug-likeness (QED) is 0.751. The SMILES string of the molecule is NC1(CNS(=O)(=O)N2CCCC2)CCCCCC1. The molecule has 0 radical (unpaired) electrons. The third-order valence-electron chi connectivity index (χ3n) is 4.11. The molecule has 0 aromatic carbocycles. The van der Waals surface area contributed by atoms with Crippen LogP contribution in [0.4, 0.5) is 0 Å². The molecule has 3 N–H and O–H groups in total. The lowest BCUT2D eigenvalue weighted by Crippen LogP contribution is -2.52. The van der Waals surface area contributed by atoms with Crippen LogP contribution in [0.3, 0.4) is 0 Å². The van der Waals surface area contributed by atoms with Crippen LogP contribution in [0, 0.1) is 0 Å². The summed E-state index contributed by atoms with van der Waals surface area (Å²) < 4.78 is 28.4. The zero-order valence-corrected chi connectivity index (χ0v) is 11.8. The summed E-state index contributed by atoms with van der Waals surface area (Å²) in [5.74, 6) is 0. The Hall–Kier alpha value is -0.170. The van der Waals surface area contributed by atoms with Gasteiger partial charge in [0.05, 0.1) is 0 Å². The topological polar surface area (TPSA) is 75.4 Å². The highest BCUT2D eigenvalue weighted by Crippen LogP contribution is 2.24. The molecule has 1 saturated heterocycles. The minimum atomic E-state index is -3.31. The van der Waals surface area contributed by atoms with Gasteiger partial charge >= 0.3 is 0 Å². The molecule has 1 aliphatic carbocycles. The number of nitrogens with two attached hydrogens (primary N) is 1. The van der Waals surface area contributed by atoms with Crippen molar-refractivity contribution in [3.8, 4) is 0 Å². The Balaban J connectivity index is 1.89. The molecular weight excluding hydrogens is 250 g/mol. The molecule has 2 fully saturated rings. The number of hydrogen-bond donors (Lipinski definition) is 2. The van der Waals surface area contributed by atoms with Gasteiger partial charge in [-0.1, -0.05) is 25.7 Å². The van der Waals surface area contributed by atoms with Gasteiger partial charge in [0.2, 0.25) is 0 Å². The highest BCUT2D eigenvalue weighted by molar-refractivity contribution is 7.87. The fourth-order valence-electron chi connectivity index (χ4n) is 2.86. The maximum absolute atomic E-state index is 12.1. The standard InChI is InChI=1S/C12H25N3O2S/c13-12(7-3-1-2-4-8-12)11-14-18(16,17)15-9-5-6-10-15/h14H,1-11,13H2. The predicted molar refractivity (Wildman–Crippen MR) is 72.3 cm³/mol. The Bertz CT molecular complexity index is 356. The smallest absolute Gasteiger partial charge is 0.279 e. The molecule has 106 valence electrons. The van der Waals surface area contributed by atoms with E-state index in [1.54, 1.807) is 0 Å². The van der Waals surface area contributed by atoms with E-state index >= 15 is 0 Å². The second-order valence-corrected chi connectivity index (χ2v) is 7.46. The monoisotopic (exact) mass is 275 g/mol. The van der Waals surface area contributed by atoms with Crippen LogP contribution >= 0.6 is 0 Å². The van der Waals surface area contributed by atoms with Crippen LogP contribution in [0.25, 0.3) is 0 Å². The average Bonchev–Trinajstić information content (AvgIpc) is 2.79. The van der Waals surface area contributed by atoms with Gasteiger partial charge in [0.25, 0.3) is 10.2 Å². The Morgan fingerprint density at radius 1 is 1.00 bits per heavy atom. The Morgan fingerprint density at radius 3 is 2.11 bits per heavy atom. The average molecular weight is 275 g/mol. The molecule has 1 heterocycles. The first-order valence-electron chi connectivity index (χ1n) is 7.06. The number of nitrogens with zero attached hydrogens (tertiary/aromatic N) is 1. The summed E-state index contributed by atoms with van der Waals surface area (Å²) in [6.45, 7) is 1.67. The zero-order chi connectivity index (χ0) is 13.1. The molecule has 1 saturated carbocycles. The van der Waals surface area contributed by atoms with E-state index in [4.69, 9.17) is 5.73 Å². The van der Waals surface area contributed by atoms with Gasteiger partial charge in [-0.2, -0.15) is 12.7 Å². The molecule has 5 nitrogen and oxygen atoms in total. The maximum Gasteiger partial charge on any atom is 0.279 e. The predicted octanol–water partition coefficient (Wildman–Crippen LogP) is 0.968. The highest BCUT2D eigenvalue weighted by atomic mass is 32.2. The molecule has 2 rings (SSSR count). The number of rotatable bonds is 4. The van der Waals surface area contributed by atoms with Crippen molar-refractivity contribution in [2.24, 2.45) is 5.73 Å². The fourth-order valence-corrected chi connectivity index (χ4v) is 4.26. The van der Waals surface area contributed by atoms with Crippen molar-refractivity contribution in [1.29, 1.82) is 0 Å². The van der Waals surface area contributed by atoms with Gasteiger partial charge in [0.1, 0.15) is 0 Å². The maximum atomic E-state index is 12.1. The first-order chi connectivity index (χ1) is 8.52. The van der Waals surface area contributed by atoms with Crippen LogP contribution in [0.1, 0.15) is 51.4 Å². The molecular formula is C12H25N3O2S. The lowest BCUT2D eigenvalue weighted by molar-refractivity contribution is 0.362. The minimum absolute atomic E-state index is 0.344. The van der Waals surface area contributed by atoms with E-state index in [0.29, 0.717) is 19.6 Å². The van der Waals surface area contributed by atoms with Crippen molar-refractivity contribution < 1.29 is 8.42 Å². The summed E-state index contributed by atoms with van der Waals surface area (Å²) in [5, 5.41) is 0. The first kappa shape index (κ1) is 14.2. The van der Waals surface area contributed by atoms with Gasteiger partial charge in [0, 0.05) is 25.2 Å². The molecule has 6 heteroatoms. The molecule has 0 bridgehead atoms. The van der Waals surface area contributed by atoms with E-state index in [-0.39, 0.29) is 5.54 Å². The summed E-state index contributed by atoms with van der Waals surface area (Å²) in [6.07, 6.45) is 8.45. The van der Waals surface area contributed by atoms with Crippen molar-refractivity contribution in [1.82, 2.24) is 9.03 Å². The molecule has 0 unspecified atom stereocenters. The molecule has 1 aliphatic heterocycles. The summed E-state index contributed by atoms with van der Waals surface area (Å²) >= 11 is 0. The highest BCUT2D eigenvalue weighted by Gasteiger charge is 2.30. The van der Waals surface area contributed by atoms with Crippen LogP contribution in [-0.4, -0.2) is 37.9 Å². The van der Waals surface area contributed by atoms with Gasteiger partial charge in [-0.15, -0.1) is 0 Å². The number of nitrogens with one attached hydrogen (secondary N) is 1. The van der Waals surface area contributed by atoms with Gasteiger partial charge in [-0.3, -0.25) is 0 Å². The summed E-state index contributed by atoms with van der Waals surface area (Å²) in [7, 11) is -3.31. The number of hydrogen-bond acceptors (Lipinski definition) is 3. The van der Waals surface area contributed by atoms with Crippen LogP contribution < -0.4 is 10.5 Å². The van der Waals surface area contributed by atoms with Crippen molar-refractivity contribution in [2.75, 3.05) is 19.6 Å². The molecule has 0 aromatic rings. The second kappa shape index (κ2) is 5.86. The summed E-state index contributed by atoms with van der Waals surface area (Å²) in [6, 6.07) is 0. The Labute approximate surface area is 110 Å². The van der Waals surface area contributed by atoms with Gasteiger partial charge in [0.15, 0.2) is 0 Å². The van der Waals surface area contributed by atoms with Gasteiger partial charge in [-0.05, 0) is 25.7 Å². The van der Waals surface area contributed by atoms with E-state index in [9.17, 15) is 8.42 Å². The van der Waals surface area contributed by atoms with Crippen molar-refractivity contribution >= 4 is 10.2 Å².